The minimum Gasteiger partial charge on any atom is -0.482 e. The average molecular weight is 246 g/mol. The SMILES string of the molecule is N#C/C(=C\c1cccc(OCC(=O)O)c1)C(N)=O. The number of nitrogens with zero attached hydrogens (tertiary/aromatic N) is 1. The highest BCUT2D eigenvalue weighted by molar-refractivity contribution is 6.00. The van der Waals surface area contributed by atoms with Crippen LogP contribution in [0, 0.1) is 11.3 Å². The van der Waals surface area contributed by atoms with Gasteiger partial charge in [-0.25, -0.2) is 4.79 Å². The van der Waals surface area contributed by atoms with Crippen molar-refractivity contribution in [2.75, 3.05) is 6.61 Å². The Labute approximate surface area is 103 Å². The van der Waals surface area contributed by atoms with Gasteiger partial charge in [-0.15, -0.1) is 0 Å². The third-order valence-corrected chi connectivity index (χ3v) is 1.92. The van der Waals surface area contributed by atoms with Crippen molar-refractivity contribution in [3.05, 3.63) is 35.4 Å². The van der Waals surface area contributed by atoms with Gasteiger partial charge >= 0.3 is 5.97 Å². The van der Waals surface area contributed by atoms with E-state index in [1.807, 2.05) is 0 Å². The number of nitrogens with two attached hydrogens (primary N) is 1. The number of carbonyl (C=O) groups is 2. The second-order valence-corrected chi connectivity index (χ2v) is 3.29. The van der Waals surface area contributed by atoms with Crippen LogP contribution in [-0.2, 0) is 9.59 Å². The molecule has 0 atom stereocenters. The maximum Gasteiger partial charge on any atom is 0.341 e. The van der Waals surface area contributed by atoms with Crippen molar-refractivity contribution in [3.8, 4) is 11.8 Å². The van der Waals surface area contributed by atoms with Crippen LogP contribution >= 0.6 is 0 Å². The van der Waals surface area contributed by atoms with Crippen LogP contribution in [0.3, 0.4) is 0 Å². The Morgan fingerprint density at radius 1 is 1.50 bits per heavy atom. The van der Waals surface area contributed by atoms with Gasteiger partial charge in [-0.05, 0) is 23.8 Å². The van der Waals surface area contributed by atoms with E-state index in [1.165, 1.54) is 12.1 Å². The summed E-state index contributed by atoms with van der Waals surface area (Å²) in [5, 5.41) is 17.1. The fourth-order valence-corrected chi connectivity index (χ4v) is 1.16. The quantitative estimate of drug-likeness (QED) is 0.581. The van der Waals surface area contributed by atoms with Crippen molar-refractivity contribution >= 4 is 18.0 Å². The molecule has 1 aromatic rings. The normalized spacial score (nSPS) is 10.5. The summed E-state index contributed by atoms with van der Waals surface area (Å²) in [6.07, 6.45) is 1.30. The molecule has 0 radical (unpaired) electrons. The Kier molecular flexibility index (Phi) is 4.46. The molecule has 0 aromatic heterocycles. The number of amides is 1. The first kappa shape index (κ1) is 13.3. The number of ether oxygens (including phenoxy) is 1. The number of primary amides is 1. The van der Waals surface area contributed by atoms with E-state index in [2.05, 4.69) is 0 Å². The number of hydrogen-bond donors (Lipinski definition) is 2. The van der Waals surface area contributed by atoms with Gasteiger partial charge in [-0.2, -0.15) is 5.26 Å². The van der Waals surface area contributed by atoms with Gasteiger partial charge in [0.15, 0.2) is 6.61 Å². The first-order valence-corrected chi connectivity index (χ1v) is 4.89. The van der Waals surface area contributed by atoms with E-state index < -0.39 is 18.5 Å². The van der Waals surface area contributed by atoms with Gasteiger partial charge in [0.2, 0.25) is 0 Å². The molecule has 0 aliphatic carbocycles. The molecular weight excluding hydrogens is 236 g/mol. The lowest BCUT2D eigenvalue weighted by Crippen LogP contribution is -2.12. The maximum absolute atomic E-state index is 10.9. The molecule has 0 aliphatic heterocycles. The van der Waals surface area contributed by atoms with Gasteiger partial charge in [0.05, 0.1) is 0 Å². The molecular formula is C12H10N2O4. The molecule has 0 saturated carbocycles. The Morgan fingerprint density at radius 3 is 2.78 bits per heavy atom. The fraction of sp³-hybridized carbons (Fsp3) is 0.0833. The second-order valence-electron chi connectivity index (χ2n) is 3.29. The van der Waals surface area contributed by atoms with Crippen molar-refractivity contribution in [1.82, 2.24) is 0 Å². The summed E-state index contributed by atoms with van der Waals surface area (Å²) in [6, 6.07) is 7.98. The monoisotopic (exact) mass is 246 g/mol. The Balaban J connectivity index is 2.92. The highest BCUT2D eigenvalue weighted by atomic mass is 16.5. The Morgan fingerprint density at radius 2 is 2.22 bits per heavy atom. The van der Waals surface area contributed by atoms with Gasteiger partial charge in [0, 0.05) is 0 Å². The average Bonchev–Trinajstić information content (AvgIpc) is 2.33. The van der Waals surface area contributed by atoms with E-state index in [1.54, 1.807) is 24.3 Å². The standard InChI is InChI=1S/C12H10N2O4/c13-6-9(12(14)17)4-8-2-1-3-10(5-8)18-7-11(15)16/h1-5H,7H2,(H2,14,17)(H,15,16)/b9-4+. The number of nitriles is 1. The summed E-state index contributed by atoms with van der Waals surface area (Å²) in [6.45, 7) is -0.464. The summed E-state index contributed by atoms with van der Waals surface area (Å²) in [7, 11) is 0. The Bertz CT molecular complexity index is 543. The number of carboxylic acid groups (broad SMARTS) is 1. The smallest absolute Gasteiger partial charge is 0.341 e. The molecule has 3 N–H and O–H groups in total. The number of hydrogen-bond acceptors (Lipinski definition) is 4. The summed E-state index contributed by atoms with van der Waals surface area (Å²) < 4.78 is 4.96. The van der Waals surface area contributed by atoms with Gasteiger partial charge in [0.25, 0.3) is 5.91 Å². The van der Waals surface area contributed by atoms with Gasteiger partial charge in [-0.3, -0.25) is 4.79 Å². The minimum absolute atomic E-state index is 0.189. The van der Waals surface area contributed by atoms with E-state index in [9.17, 15) is 9.59 Å². The van der Waals surface area contributed by atoms with Crippen LogP contribution in [0.2, 0.25) is 0 Å². The molecule has 0 heterocycles. The summed E-state index contributed by atoms with van der Waals surface area (Å²) in [4.78, 5) is 21.2. The van der Waals surface area contributed by atoms with Crippen LogP contribution in [0.1, 0.15) is 5.56 Å². The molecule has 0 fully saturated rings. The minimum atomic E-state index is -1.09. The number of carbonyl (C=O) groups excluding carboxylic acids is 1. The van der Waals surface area contributed by atoms with Crippen molar-refractivity contribution in [2.24, 2.45) is 5.73 Å². The van der Waals surface area contributed by atoms with E-state index >= 15 is 0 Å². The molecule has 0 unspecified atom stereocenters. The topological polar surface area (TPSA) is 113 Å². The first-order valence-electron chi connectivity index (χ1n) is 4.89. The van der Waals surface area contributed by atoms with Crippen molar-refractivity contribution in [3.63, 3.8) is 0 Å². The number of benzene rings is 1. The molecule has 18 heavy (non-hydrogen) atoms. The van der Waals surface area contributed by atoms with Crippen LogP contribution in [0.5, 0.6) is 5.75 Å². The maximum atomic E-state index is 10.9. The lowest BCUT2D eigenvalue weighted by molar-refractivity contribution is -0.139. The van der Waals surface area contributed by atoms with Crippen LogP contribution in [0.25, 0.3) is 6.08 Å². The highest BCUT2D eigenvalue weighted by Gasteiger charge is 2.04. The van der Waals surface area contributed by atoms with E-state index in [0.717, 1.165) is 0 Å². The van der Waals surface area contributed by atoms with E-state index in [0.29, 0.717) is 11.3 Å². The van der Waals surface area contributed by atoms with Crippen LogP contribution in [0.15, 0.2) is 29.8 Å². The molecule has 1 aromatic carbocycles. The van der Waals surface area contributed by atoms with Crippen LogP contribution in [0.4, 0.5) is 0 Å². The van der Waals surface area contributed by atoms with Crippen LogP contribution < -0.4 is 10.5 Å². The summed E-state index contributed by atoms with van der Waals surface area (Å²) >= 11 is 0. The highest BCUT2D eigenvalue weighted by Crippen LogP contribution is 2.15. The molecule has 0 bridgehead atoms. The zero-order chi connectivity index (χ0) is 13.5. The first-order chi connectivity index (χ1) is 8.52. The number of carboxylic acids is 1. The molecule has 6 heteroatoms. The largest absolute Gasteiger partial charge is 0.482 e. The van der Waals surface area contributed by atoms with Gasteiger partial charge in [0.1, 0.15) is 17.4 Å². The molecule has 6 nitrogen and oxygen atoms in total. The van der Waals surface area contributed by atoms with Gasteiger partial charge < -0.3 is 15.6 Å². The lowest BCUT2D eigenvalue weighted by atomic mass is 10.1. The third-order valence-electron chi connectivity index (χ3n) is 1.92. The molecule has 92 valence electrons. The van der Waals surface area contributed by atoms with Crippen LogP contribution in [-0.4, -0.2) is 23.6 Å². The molecule has 0 aliphatic rings. The van der Waals surface area contributed by atoms with E-state index in [-0.39, 0.29) is 5.57 Å². The molecule has 1 rings (SSSR count). The molecule has 1 amide bonds. The third kappa shape index (κ3) is 3.98. The predicted molar refractivity (Wildman–Crippen MR) is 62.4 cm³/mol. The van der Waals surface area contributed by atoms with Crippen molar-refractivity contribution in [1.29, 1.82) is 5.26 Å². The number of aliphatic carboxylic acids is 1. The summed E-state index contributed by atoms with van der Waals surface area (Å²) in [5.74, 6) is -1.59. The van der Waals surface area contributed by atoms with Crippen molar-refractivity contribution in [2.45, 2.75) is 0 Å². The molecule has 0 saturated heterocycles. The van der Waals surface area contributed by atoms with Gasteiger partial charge in [-0.1, -0.05) is 12.1 Å². The summed E-state index contributed by atoms with van der Waals surface area (Å²) in [5.41, 5.74) is 5.32. The van der Waals surface area contributed by atoms with Crippen molar-refractivity contribution < 1.29 is 19.4 Å². The number of rotatable bonds is 5. The predicted octanol–water partition coefficient (Wildman–Crippen LogP) is 0.542. The molecule has 0 spiro atoms. The second kappa shape index (κ2) is 6.06. The van der Waals surface area contributed by atoms with E-state index in [4.69, 9.17) is 20.8 Å². The lowest BCUT2D eigenvalue weighted by Gasteiger charge is -2.03. The zero-order valence-electron chi connectivity index (χ0n) is 9.29. The zero-order valence-corrected chi connectivity index (χ0v) is 9.29. The Hall–Kier alpha value is -2.81. The fourth-order valence-electron chi connectivity index (χ4n) is 1.16.